The first-order valence-corrected chi connectivity index (χ1v) is 10.4. The molecule has 1 aromatic carbocycles. The predicted molar refractivity (Wildman–Crippen MR) is 113 cm³/mol. The number of carbonyl (C=O) groups is 1. The topological polar surface area (TPSA) is 86.1 Å². The Morgan fingerprint density at radius 3 is 2.69 bits per heavy atom. The third-order valence-electron chi connectivity index (χ3n) is 6.68. The van der Waals surface area contributed by atoms with Gasteiger partial charge in [0.25, 0.3) is 0 Å². The van der Waals surface area contributed by atoms with Gasteiger partial charge < -0.3 is 9.32 Å². The minimum Gasteiger partial charge on any atom is -0.339 e. The Hall–Kier alpha value is -3.73. The number of fused-ring (bicyclic) bond motifs is 3. The minimum absolute atomic E-state index is 0.0313. The van der Waals surface area contributed by atoms with E-state index in [1.807, 2.05) is 13.8 Å². The highest BCUT2D eigenvalue weighted by Gasteiger charge is 2.49. The molecule has 0 bridgehead atoms. The highest BCUT2D eigenvalue weighted by atomic mass is 19.1. The number of benzene rings is 1. The Morgan fingerprint density at radius 1 is 1.22 bits per heavy atom. The van der Waals surface area contributed by atoms with Crippen LogP contribution in [0.3, 0.4) is 0 Å². The van der Waals surface area contributed by atoms with E-state index in [2.05, 4.69) is 20.0 Å². The van der Waals surface area contributed by atoms with Crippen LogP contribution in [0.25, 0.3) is 27.8 Å². The molecule has 0 saturated heterocycles. The van der Waals surface area contributed by atoms with Gasteiger partial charge in [-0.2, -0.15) is 4.98 Å². The summed E-state index contributed by atoms with van der Waals surface area (Å²) in [5.41, 5.74) is 1.78. The van der Waals surface area contributed by atoms with Crippen LogP contribution in [0.4, 0.5) is 4.39 Å². The quantitative estimate of drug-likeness (QED) is 0.558. The lowest BCUT2D eigenvalue weighted by Gasteiger charge is -2.46. The lowest BCUT2D eigenvalue weighted by Crippen LogP contribution is -2.46. The number of allylic oxidation sites excluding steroid dienone is 2. The molecule has 2 aromatic heterocycles. The molecule has 160 valence electrons. The van der Waals surface area contributed by atoms with Gasteiger partial charge in [-0.15, -0.1) is 0 Å². The molecule has 8 heteroatoms. The van der Waals surface area contributed by atoms with Gasteiger partial charge in [0.05, 0.1) is 18.0 Å². The van der Waals surface area contributed by atoms with Crippen LogP contribution in [0.2, 0.25) is 0 Å². The van der Waals surface area contributed by atoms with Gasteiger partial charge in [0, 0.05) is 29.4 Å². The number of hydrogen-bond acceptors (Lipinski definition) is 6. The first-order valence-electron chi connectivity index (χ1n) is 10.4. The fraction of sp³-hybridized carbons (Fsp3) is 0.333. The molecule has 2 aliphatic rings. The van der Waals surface area contributed by atoms with E-state index in [1.165, 1.54) is 6.07 Å². The third-order valence-corrected chi connectivity index (χ3v) is 6.68. The second-order valence-corrected chi connectivity index (χ2v) is 8.56. The summed E-state index contributed by atoms with van der Waals surface area (Å²) in [4.78, 5) is 29.9. The molecular formula is C24H20FN5O2. The van der Waals surface area contributed by atoms with Crippen molar-refractivity contribution in [3.05, 3.63) is 70.4 Å². The number of Topliss-reactive ketones (excluding diaryl/α,β-unsaturated/α-hetero) is 1. The Kier molecular flexibility index (Phi) is 4.52. The molecule has 0 saturated carbocycles. The predicted octanol–water partition coefficient (Wildman–Crippen LogP) is 4.48. The molecule has 2 heterocycles. The normalized spacial score (nSPS) is 24.3. The standard InChI is InChI=1S/C24H20FN5O2/c1-12-16-10-9-15-19(14-7-5-6-8-17(14)25)28-22(23-27-13(2)32-30-23)29-21(15)24(16,3)11-18(26-4)20(12)31/h5-8,11-12,16H,9-10H2,1-3H3/t12-,16-,24-/m1/s1. The molecule has 0 spiro atoms. The Labute approximate surface area is 184 Å². The van der Waals surface area contributed by atoms with E-state index >= 15 is 0 Å². The summed E-state index contributed by atoms with van der Waals surface area (Å²) in [5, 5.41) is 3.95. The van der Waals surface area contributed by atoms with E-state index in [9.17, 15) is 9.18 Å². The molecule has 0 fully saturated rings. The molecule has 0 aliphatic heterocycles. The van der Waals surface area contributed by atoms with Crippen LogP contribution in [0, 0.1) is 31.1 Å². The van der Waals surface area contributed by atoms with Crippen LogP contribution in [0.5, 0.6) is 0 Å². The smallest absolute Gasteiger partial charge is 0.240 e. The van der Waals surface area contributed by atoms with E-state index < -0.39 is 5.41 Å². The molecule has 3 aromatic rings. The van der Waals surface area contributed by atoms with E-state index in [4.69, 9.17) is 16.1 Å². The lowest BCUT2D eigenvalue weighted by atomic mass is 9.58. The lowest BCUT2D eigenvalue weighted by molar-refractivity contribution is -0.121. The maximum atomic E-state index is 14.8. The molecule has 32 heavy (non-hydrogen) atoms. The number of aromatic nitrogens is 4. The van der Waals surface area contributed by atoms with E-state index in [0.717, 1.165) is 5.56 Å². The molecule has 3 atom stereocenters. The number of nitrogens with zero attached hydrogens (tertiary/aromatic N) is 5. The van der Waals surface area contributed by atoms with Gasteiger partial charge in [-0.25, -0.2) is 19.2 Å². The van der Waals surface area contributed by atoms with Crippen molar-refractivity contribution in [2.75, 3.05) is 0 Å². The summed E-state index contributed by atoms with van der Waals surface area (Å²) in [6.45, 7) is 13.0. The van der Waals surface area contributed by atoms with E-state index in [0.29, 0.717) is 35.7 Å². The van der Waals surface area contributed by atoms with Crippen LogP contribution >= 0.6 is 0 Å². The number of hydrogen-bond donors (Lipinski definition) is 0. The highest BCUT2D eigenvalue weighted by molar-refractivity contribution is 6.00. The van der Waals surface area contributed by atoms with Gasteiger partial charge in [0.15, 0.2) is 5.78 Å². The van der Waals surface area contributed by atoms with Gasteiger partial charge in [0.2, 0.25) is 23.2 Å². The first kappa shape index (κ1) is 20.2. The van der Waals surface area contributed by atoms with Crippen LogP contribution in [0.15, 0.2) is 40.6 Å². The van der Waals surface area contributed by atoms with Gasteiger partial charge in [-0.05, 0) is 30.9 Å². The van der Waals surface area contributed by atoms with Gasteiger partial charge >= 0.3 is 0 Å². The summed E-state index contributed by atoms with van der Waals surface area (Å²) < 4.78 is 20.0. The third kappa shape index (κ3) is 2.88. The van der Waals surface area contributed by atoms with Gasteiger partial charge in [0.1, 0.15) is 5.82 Å². The largest absolute Gasteiger partial charge is 0.339 e. The summed E-state index contributed by atoms with van der Waals surface area (Å²) in [6.07, 6.45) is 3.04. The second kappa shape index (κ2) is 7.16. The summed E-state index contributed by atoms with van der Waals surface area (Å²) in [6, 6.07) is 6.47. The van der Waals surface area contributed by atoms with Crippen molar-refractivity contribution in [2.45, 2.75) is 39.0 Å². The first-order chi connectivity index (χ1) is 15.3. The maximum Gasteiger partial charge on any atom is 0.240 e. The van der Waals surface area contributed by atoms with E-state index in [1.54, 1.807) is 31.2 Å². The maximum absolute atomic E-state index is 14.8. The van der Waals surface area contributed by atoms with Crippen LogP contribution in [0.1, 0.15) is 37.4 Å². The minimum atomic E-state index is -0.683. The number of carbonyl (C=O) groups excluding carboxylic acids is 1. The molecule has 0 N–H and O–H groups in total. The van der Waals surface area contributed by atoms with Crippen molar-refractivity contribution in [3.8, 4) is 22.9 Å². The van der Waals surface area contributed by atoms with Crippen molar-refractivity contribution in [3.63, 3.8) is 0 Å². The molecule has 0 unspecified atom stereocenters. The van der Waals surface area contributed by atoms with Crippen LogP contribution < -0.4 is 0 Å². The summed E-state index contributed by atoms with van der Waals surface area (Å²) in [7, 11) is 0. The Balaban J connectivity index is 1.83. The van der Waals surface area contributed by atoms with Crippen molar-refractivity contribution in [2.24, 2.45) is 11.8 Å². The van der Waals surface area contributed by atoms with Crippen molar-refractivity contribution in [1.29, 1.82) is 0 Å². The molecule has 7 nitrogen and oxygen atoms in total. The fourth-order valence-electron chi connectivity index (χ4n) is 5.11. The molecule has 0 radical (unpaired) electrons. The van der Waals surface area contributed by atoms with Crippen molar-refractivity contribution < 1.29 is 13.7 Å². The number of rotatable bonds is 2. The highest BCUT2D eigenvalue weighted by Crippen LogP contribution is 2.51. The number of aryl methyl sites for hydroxylation is 1. The average Bonchev–Trinajstić information content (AvgIpc) is 3.22. The Bertz CT molecular complexity index is 1340. The van der Waals surface area contributed by atoms with Crippen LogP contribution in [-0.4, -0.2) is 25.9 Å². The molecule has 0 amide bonds. The van der Waals surface area contributed by atoms with Crippen LogP contribution in [-0.2, 0) is 16.6 Å². The number of ketones is 1. The van der Waals surface area contributed by atoms with Gasteiger partial charge in [-0.1, -0.05) is 37.2 Å². The van der Waals surface area contributed by atoms with Crippen molar-refractivity contribution >= 4 is 5.78 Å². The van der Waals surface area contributed by atoms with E-state index in [-0.39, 0.29) is 40.8 Å². The van der Waals surface area contributed by atoms with Gasteiger partial charge in [-0.3, -0.25) is 0 Å². The fourth-order valence-corrected chi connectivity index (χ4v) is 5.11. The molecule has 2 aliphatic carbocycles. The summed E-state index contributed by atoms with van der Waals surface area (Å²) in [5.74, 6) is -0.0686. The Morgan fingerprint density at radius 2 is 2.00 bits per heavy atom. The zero-order chi connectivity index (χ0) is 22.6. The monoisotopic (exact) mass is 429 g/mol. The SMILES string of the molecule is [C-]#[N+]C1=C[C@@]2(C)c3nc(-c4noc(C)n4)nc(-c4ccccc4F)c3CC[C@@H]2[C@@H](C)C1=O. The molecular weight excluding hydrogens is 409 g/mol. The zero-order valence-corrected chi connectivity index (χ0v) is 17.9. The molecule has 5 rings (SSSR count). The number of halogens is 1. The zero-order valence-electron chi connectivity index (χ0n) is 17.9. The second-order valence-electron chi connectivity index (χ2n) is 8.56. The summed E-state index contributed by atoms with van der Waals surface area (Å²) >= 11 is 0. The average molecular weight is 429 g/mol. The van der Waals surface area contributed by atoms with Crippen molar-refractivity contribution in [1.82, 2.24) is 20.1 Å².